The van der Waals surface area contributed by atoms with E-state index in [0.29, 0.717) is 12.0 Å². The molecule has 110 valence electrons. The second-order valence-electron chi connectivity index (χ2n) is 5.89. The maximum atomic E-state index is 12.9. The Kier molecular flexibility index (Phi) is 2.49. The molecular weight excluding hydrogens is 278 g/mol. The summed E-state index contributed by atoms with van der Waals surface area (Å²) < 4.78 is 5.70. The van der Waals surface area contributed by atoms with Crippen molar-refractivity contribution < 1.29 is 14.3 Å². The number of hydrogen-bond acceptors (Lipinski definition) is 3. The third-order valence-electron chi connectivity index (χ3n) is 4.60. The van der Waals surface area contributed by atoms with Gasteiger partial charge in [-0.1, -0.05) is 36.4 Å². The highest BCUT2D eigenvalue weighted by Gasteiger charge is 2.55. The number of para-hydroxylation sites is 1. The van der Waals surface area contributed by atoms with Gasteiger partial charge in [0.25, 0.3) is 5.91 Å². The van der Waals surface area contributed by atoms with Gasteiger partial charge in [0.15, 0.2) is 0 Å². The van der Waals surface area contributed by atoms with Crippen LogP contribution in [0.4, 0.5) is 5.69 Å². The zero-order valence-corrected chi connectivity index (χ0v) is 12.4. The largest absolute Gasteiger partial charge is 0.440 e. The van der Waals surface area contributed by atoms with Crippen LogP contribution >= 0.6 is 0 Å². The second kappa shape index (κ2) is 4.19. The van der Waals surface area contributed by atoms with Crippen LogP contribution < -0.4 is 4.90 Å². The molecule has 22 heavy (non-hydrogen) atoms. The number of carbonyl (C=O) groups excluding carboxylic acids is 2. The molecule has 4 heteroatoms. The van der Waals surface area contributed by atoms with Crippen LogP contribution in [-0.2, 0) is 21.6 Å². The Hall–Kier alpha value is -2.62. The molecule has 1 atom stereocenters. The van der Waals surface area contributed by atoms with Crippen molar-refractivity contribution in [3.8, 4) is 0 Å². The molecule has 1 unspecified atom stereocenters. The van der Waals surface area contributed by atoms with Gasteiger partial charge in [-0.2, -0.15) is 0 Å². The van der Waals surface area contributed by atoms with E-state index in [1.165, 1.54) is 0 Å². The molecule has 0 aliphatic carbocycles. The standard InChI is InChI=1S/C18H15NO3/c1-11-6-5-9-14-15(11)19(2)17(21)18(14)10-12-7-3-4-8-13(12)16(20)22-18/h3-9H,10H2,1-2H3. The predicted molar refractivity (Wildman–Crippen MR) is 81.8 cm³/mol. The average Bonchev–Trinajstić information content (AvgIpc) is 2.71. The first kappa shape index (κ1) is 13.1. The summed E-state index contributed by atoms with van der Waals surface area (Å²) in [6, 6.07) is 13.1. The number of fused-ring (bicyclic) bond motifs is 3. The minimum atomic E-state index is -1.22. The third-order valence-corrected chi connectivity index (χ3v) is 4.60. The van der Waals surface area contributed by atoms with E-state index < -0.39 is 11.6 Å². The van der Waals surface area contributed by atoms with Crippen LogP contribution in [0.2, 0.25) is 0 Å². The van der Waals surface area contributed by atoms with Crippen molar-refractivity contribution in [2.75, 3.05) is 11.9 Å². The lowest BCUT2D eigenvalue weighted by Crippen LogP contribution is -2.46. The number of nitrogens with zero attached hydrogens (tertiary/aromatic N) is 1. The number of likely N-dealkylation sites (N-methyl/N-ethyl adjacent to an activating group) is 1. The molecule has 0 radical (unpaired) electrons. The van der Waals surface area contributed by atoms with E-state index >= 15 is 0 Å². The Morgan fingerprint density at radius 2 is 1.86 bits per heavy atom. The maximum Gasteiger partial charge on any atom is 0.339 e. The summed E-state index contributed by atoms with van der Waals surface area (Å²) in [5.74, 6) is -0.613. The van der Waals surface area contributed by atoms with Crippen molar-refractivity contribution in [3.05, 3.63) is 64.7 Å². The van der Waals surface area contributed by atoms with Crippen LogP contribution in [0.1, 0.15) is 27.0 Å². The second-order valence-corrected chi connectivity index (χ2v) is 5.89. The molecule has 0 N–H and O–H groups in total. The monoisotopic (exact) mass is 293 g/mol. The molecule has 0 saturated heterocycles. The minimum Gasteiger partial charge on any atom is -0.440 e. The van der Waals surface area contributed by atoms with Crippen molar-refractivity contribution in [2.45, 2.75) is 18.9 Å². The van der Waals surface area contributed by atoms with Crippen molar-refractivity contribution in [2.24, 2.45) is 0 Å². The lowest BCUT2D eigenvalue weighted by atomic mass is 9.83. The van der Waals surface area contributed by atoms with Gasteiger partial charge >= 0.3 is 5.97 Å². The van der Waals surface area contributed by atoms with E-state index in [1.807, 2.05) is 37.3 Å². The number of esters is 1. The Bertz CT molecular complexity index is 827. The summed E-state index contributed by atoms with van der Waals surface area (Å²) in [6.07, 6.45) is 0.383. The molecule has 1 amide bonds. The van der Waals surface area contributed by atoms with E-state index in [9.17, 15) is 9.59 Å². The zero-order chi connectivity index (χ0) is 15.5. The smallest absolute Gasteiger partial charge is 0.339 e. The highest BCUT2D eigenvalue weighted by Crippen LogP contribution is 2.48. The van der Waals surface area contributed by atoms with Gasteiger partial charge in [0, 0.05) is 19.0 Å². The molecule has 2 aliphatic heterocycles. The topological polar surface area (TPSA) is 46.6 Å². The molecular formula is C18H15NO3. The highest BCUT2D eigenvalue weighted by atomic mass is 16.6. The van der Waals surface area contributed by atoms with E-state index in [0.717, 1.165) is 22.4 Å². The molecule has 2 aliphatic rings. The predicted octanol–water partition coefficient (Wildman–Crippen LogP) is 2.58. The van der Waals surface area contributed by atoms with Crippen molar-refractivity contribution in [3.63, 3.8) is 0 Å². The number of carbonyl (C=O) groups is 2. The summed E-state index contributed by atoms with van der Waals surface area (Å²) in [4.78, 5) is 26.9. The summed E-state index contributed by atoms with van der Waals surface area (Å²) in [5, 5.41) is 0. The van der Waals surface area contributed by atoms with E-state index in [4.69, 9.17) is 4.74 Å². The van der Waals surface area contributed by atoms with E-state index in [2.05, 4.69) is 0 Å². The van der Waals surface area contributed by atoms with Gasteiger partial charge in [0.1, 0.15) is 0 Å². The summed E-state index contributed by atoms with van der Waals surface area (Å²) in [5.41, 5.74) is 2.81. The summed E-state index contributed by atoms with van der Waals surface area (Å²) in [6.45, 7) is 1.96. The Morgan fingerprint density at radius 3 is 2.68 bits per heavy atom. The van der Waals surface area contributed by atoms with Gasteiger partial charge in [-0.3, -0.25) is 4.79 Å². The van der Waals surface area contributed by atoms with E-state index in [-0.39, 0.29) is 5.91 Å². The third kappa shape index (κ3) is 1.47. The summed E-state index contributed by atoms with van der Waals surface area (Å²) in [7, 11) is 1.73. The molecule has 0 fully saturated rings. The quantitative estimate of drug-likeness (QED) is 0.701. The number of rotatable bonds is 0. The number of hydrogen-bond donors (Lipinski definition) is 0. The zero-order valence-electron chi connectivity index (χ0n) is 12.4. The Morgan fingerprint density at radius 1 is 1.09 bits per heavy atom. The molecule has 0 bridgehead atoms. The van der Waals surface area contributed by atoms with E-state index in [1.54, 1.807) is 24.1 Å². The fourth-order valence-corrected chi connectivity index (χ4v) is 3.58. The number of ether oxygens (including phenoxy) is 1. The lowest BCUT2D eigenvalue weighted by Gasteiger charge is -2.33. The number of benzene rings is 2. The molecule has 0 saturated carbocycles. The highest BCUT2D eigenvalue weighted by molar-refractivity contribution is 6.10. The number of aryl methyl sites for hydroxylation is 1. The van der Waals surface area contributed by atoms with Crippen LogP contribution in [0, 0.1) is 6.92 Å². The molecule has 4 nitrogen and oxygen atoms in total. The molecule has 1 spiro atoms. The SMILES string of the molecule is Cc1cccc2c1N(C)C(=O)C21Cc2ccccc2C(=O)O1. The lowest BCUT2D eigenvalue weighted by molar-refractivity contribution is -0.137. The summed E-state index contributed by atoms with van der Waals surface area (Å²) >= 11 is 0. The maximum absolute atomic E-state index is 12.9. The van der Waals surface area contributed by atoms with Crippen molar-refractivity contribution in [1.29, 1.82) is 0 Å². The van der Waals surface area contributed by atoms with Crippen LogP contribution in [0.25, 0.3) is 0 Å². The number of amides is 1. The normalized spacial score (nSPS) is 22.5. The van der Waals surface area contributed by atoms with Gasteiger partial charge in [-0.05, 0) is 24.1 Å². The van der Waals surface area contributed by atoms with Gasteiger partial charge in [0.05, 0.1) is 11.3 Å². The Balaban J connectivity index is 1.96. The van der Waals surface area contributed by atoms with Crippen molar-refractivity contribution in [1.82, 2.24) is 0 Å². The van der Waals surface area contributed by atoms with Gasteiger partial charge in [0.2, 0.25) is 5.60 Å². The van der Waals surface area contributed by atoms with Crippen LogP contribution in [0.5, 0.6) is 0 Å². The van der Waals surface area contributed by atoms with Gasteiger partial charge in [-0.25, -0.2) is 4.79 Å². The minimum absolute atomic E-state index is 0.181. The average molecular weight is 293 g/mol. The molecule has 2 aromatic rings. The Labute approximate surface area is 128 Å². The molecule has 2 heterocycles. The van der Waals surface area contributed by atoms with Gasteiger partial charge < -0.3 is 9.64 Å². The fraction of sp³-hybridized carbons (Fsp3) is 0.222. The first-order chi connectivity index (χ1) is 10.5. The molecule has 4 rings (SSSR count). The van der Waals surface area contributed by atoms with Crippen LogP contribution in [0.3, 0.4) is 0 Å². The first-order valence-electron chi connectivity index (χ1n) is 7.24. The molecule has 2 aromatic carbocycles. The van der Waals surface area contributed by atoms with Crippen LogP contribution in [-0.4, -0.2) is 18.9 Å². The number of anilines is 1. The molecule has 0 aromatic heterocycles. The fourth-order valence-electron chi connectivity index (χ4n) is 3.58. The first-order valence-corrected chi connectivity index (χ1v) is 7.24. The van der Waals surface area contributed by atoms with Crippen molar-refractivity contribution >= 4 is 17.6 Å². The van der Waals surface area contributed by atoms with Crippen LogP contribution in [0.15, 0.2) is 42.5 Å². The van der Waals surface area contributed by atoms with Gasteiger partial charge in [-0.15, -0.1) is 0 Å².